The van der Waals surface area contributed by atoms with Gasteiger partial charge in [0, 0.05) is 24.3 Å². The van der Waals surface area contributed by atoms with E-state index in [1.54, 1.807) is 12.1 Å². The third kappa shape index (κ3) is 2.49. The summed E-state index contributed by atoms with van der Waals surface area (Å²) in [6.07, 6.45) is 0. The fourth-order valence-corrected chi connectivity index (χ4v) is 2.56. The van der Waals surface area contributed by atoms with E-state index in [0.29, 0.717) is 0 Å². The first-order chi connectivity index (χ1) is 8.44. The topological polar surface area (TPSA) is 26.7 Å². The number of rotatable bonds is 2. The number of anilines is 1. The average Bonchev–Trinajstić information content (AvgIpc) is 2.32. The predicted octanol–water partition coefficient (Wildman–Crippen LogP) is 1.72. The number of piperazine rings is 1. The highest BCUT2D eigenvalue weighted by atomic mass is 19.1. The van der Waals surface area contributed by atoms with Crippen LogP contribution in [-0.2, 0) is 0 Å². The lowest BCUT2D eigenvalue weighted by Gasteiger charge is -2.50. The first kappa shape index (κ1) is 13.3. The van der Waals surface area contributed by atoms with Gasteiger partial charge >= 0.3 is 0 Å². The first-order valence-electron chi connectivity index (χ1n) is 6.28. The summed E-state index contributed by atoms with van der Waals surface area (Å²) in [6, 6.07) is 6.73. The van der Waals surface area contributed by atoms with E-state index < -0.39 is 0 Å². The third-order valence-electron chi connectivity index (χ3n) is 3.90. The quantitative estimate of drug-likeness (QED) is 0.868. The van der Waals surface area contributed by atoms with Crippen molar-refractivity contribution in [2.75, 3.05) is 31.6 Å². The lowest BCUT2D eigenvalue weighted by Crippen LogP contribution is -2.63. The molecule has 2 rings (SSSR count). The highest BCUT2D eigenvalue weighted by Gasteiger charge is 2.37. The molecule has 1 heterocycles. The highest BCUT2D eigenvalue weighted by molar-refractivity contribution is 5.47. The number of aliphatic hydroxyl groups is 1. The Morgan fingerprint density at radius 3 is 2.78 bits per heavy atom. The lowest BCUT2D eigenvalue weighted by molar-refractivity contribution is 0.0455. The Bertz CT molecular complexity index is 422. The molecule has 1 aromatic rings. The average molecular weight is 252 g/mol. The van der Waals surface area contributed by atoms with Gasteiger partial charge in [-0.3, -0.25) is 4.90 Å². The normalized spacial score (nSPS) is 24.3. The van der Waals surface area contributed by atoms with Crippen molar-refractivity contribution >= 4 is 5.69 Å². The van der Waals surface area contributed by atoms with Gasteiger partial charge in [0.25, 0.3) is 0 Å². The smallest absolute Gasteiger partial charge is 0.125 e. The fraction of sp³-hybridized carbons (Fsp3) is 0.571. The molecule has 0 radical (unpaired) electrons. The van der Waals surface area contributed by atoms with E-state index in [-0.39, 0.29) is 24.0 Å². The van der Waals surface area contributed by atoms with E-state index >= 15 is 0 Å². The molecule has 4 heteroatoms. The molecule has 0 aromatic heterocycles. The Labute approximate surface area is 108 Å². The van der Waals surface area contributed by atoms with Crippen molar-refractivity contribution in [3.8, 4) is 0 Å². The van der Waals surface area contributed by atoms with Gasteiger partial charge in [0.15, 0.2) is 0 Å². The molecule has 1 aliphatic heterocycles. The minimum Gasteiger partial charge on any atom is -0.395 e. The number of halogens is 1. The number of hydrogen-bond acceptors (Lipinski definition) is 3. The molecular weight excluding hydrogens is 231 g/mol. The summed E-state index contributed by atoms with van der Waals surface area (Å²) in [4.78, 5) is 4.34. The molecule has 0 saturated carbocycles. The van der Waals surface area contributed by atoms with Crippen LogP contribution in [0.15, 0.2) is 24.3 Å². The van der Waals surface area contributed by atoms with Crippen LogP contribution in [0.5, 0.6) is 0 Å². The van der Waals surface area contributed by atoms with Gasteiger partial charge in [-0.1, -0.05) is 6.07 Å². The number of aliphatic hydroxyl groups excluding tert-OH is 1. The van der Waals surface area contributed by atoms with E-state index in [9.17, 15) is 9.50 Å². The van der Waals surface area contributed by atoms with Gasteiger partial charge in [-0.05, 0) is 39.1 Å². The van der Waals surface area contributed by atoms with Crippen molar-refractivity contribution in [1.29, 1.82) is 0 Å². The van der Waals surface area contributed by atoms with Crippen LogP contribution in [0.4, 0.5) is 10.1 Å². The molecule has 1 saturated heterocycles. The molecular formula is C14H21FN2O. The minimum atomic E-state index is -0.218. The minimum absolute atomic E-state index is 0.0437. The lowest BCUT2D eigenvalue weighted by atomic mass is 9.95. The monoisotopic (exact) mass is 252 g/mol. The van der Waals surface area contributed by atoms with E-state index in [1.807, 2.05) is 13.1 Å². The zero-order valence-corrected chi connectivity index (χ0v) is 11.2. The molecule has 1 atom stereocenters. The molecule has 3 nitrogen and oxygen atoms in total. The Hall–Kier alpha value is -1.13. The summed E-state index contributed by atoms with van der Waals surface area (Å²) in [5.74, 6) is -0.218. The molecule has 100 valence electrons. The number of hydrogen-bond donors (Lipinski definition) is 1. The van der Waals surface area contributed by atoms with Crippen LogP contribution in [0.1, 0.15) is 13.8 Å². The molecule has 1 aromatic carbocycles. The van der Waals surface area contributed by atoms with Crippen LogP contribution in [0.25, 0.3) is 0 Å². The van der Waals surface area contributed by atoms with Crippen LogP contribution < -0.4 is 4.90 Å². The maximum absolute atomic E-state index is 13.3. The second-order valence-corrected chi connectivity index (χ2v) is 5.62. The van der Waals surface area contributed by atoms with E-state index in [4.69, 9.17) is 0 Å². The highest BCUT2D eigenvalue weighted by Crippen LogP contribution is 2.27. The van der Waals surface area contributed by atoms with Gasteiger partial charge in [-0.15, -0.1) is 0 Å². The Morgan fingerprint density at radius 2 is 2.17 bits per heavy atom. The second kappa shape index (κ2) is 4.86. The molecule has 1 aliphatic rings. The molecule has 1 fully saturated rings. The van der Waals surface area contributed by atoms with E-state index in [0.717, 1.165) is 18.8 Å². The van der Waals surface area contributed by atoms with E-state index in [2.05, 4.69) is 23.6 Å². The zero-order chi connectivity index (χ0) is 13.3. The van der Waals surface area contributed by atoms with Crippen LogP contribution >= 0.6 is 0 Å². The summed E-state index contributed by atoms with van der Waals surface area (Å²) in [5, 5.41) is 9.47. The predicted molar refractivity (Wildman–Crippen MR) is 71.3 cm³/mol. The maximum Gasteiger partial charge on any atom is 0.125 e. The summed E-state index contributed by atoms with van der Waals surface area (Å²) in [6.45, 7) is 5.94. The number of likely N-dealkylation sites (N-methyl/N-ethyl adjacent to an activating group) is 1. The molecule has 0 bridgehead atoms. The maximum atomic E-state index is 13.3. The van der Waals surface area contributed by atoms with Gasteiger partial charge in [0.2, 0.25) is 0 Å². The standard InChI is InChI=1S/C14H21FN2O/c1-14(2)10-17(8-13(9-18)16(14)3)12-6-4-5-11(15)7-12/h4-7,13,18H,8-10H2,1-3H3. The van der Waals surface area contributed by atoms with Crippen molar-refractivity contribution in [2.45, 2.75) is 25.4 Å². The second-order valence-electron chi connectivity index (χ2n) is 5.62. The number of benzene rings is 1. The molecule has 18 heavy (non-hydrogen) atoms. The Kier molecular flexibility index (Phi) is 3.59. The molecule has 1 unspecified atom stereocenters. The third-order valence-corrected chi connectivity index (χ3v) is 3.90. The van der Waals surface area contributed by atoms with Crippen molar-refractivity contribution < 1.29 is 9.50 Å². The van der Waals surface area contributed by atoms with E-state index in [1.165, 1.54) is 6.07 Å². The summed E-state index contributed by atoms with van der Waals surface area (Å²) in [7, 11) is 2.03. The van der Waals surface area contributed by atoms with Gasteiger partial charge in [0.1, 0.15) is 5.82 Å². The molecule has 0 aliphatic carbocycles. The largest absolute Gasteiger partial charge is 0.395 e. The molecule has 1 N–H and O–H groups in total. The fourth-order valence-electron chi connectivity index (χ4n) is 2.56. The molecule has 0 amide bonds. The summed E-state index contributed by atoms with van der Waals surface area (Å²) in [5.41, 5.74) is 0.840. The first-order valence-corrected chi connectivity index (χ1v) is 6.28. The van der Waals surface area contributed by atoms with Crippen molar-refractivity contribution in [3.63, 3.8) is 0 Å². The SMILES string of the molecule is CN1C(CO)CN(c2cccc(F)c2)CC1(C)C. The van der Waals surface area contributed by atoms with Crippen molar-refractivity contribution in [1.82, 2.24) is 4.90 Å². The summed E-state index contributed by atoms with van der Waals surface area (Å²) < 4.78 is 13.3. The van der Waals surface area contributed by atoms with Crippen LogP contribution in [-0.4, -0.2) is 48.3 Å². The van der Waals surface area contributed by atoms with Crippen LogP contribution in [0.2, 0.25) is 0 Å². The van der Waals surface area contributed by atoms with Gasteiger partial charge in [-0.25, -0.2) is 4.39 Å². The van der Waals surface area contributed by atoms with Crippen molar-refractivity contribution in [2.24, 2.45) is 0 Å². The molecule has 0 spiro atoms. The zero-order valence-electron chi connectivity index (χ0n) is 11.2. The summed E-state index contributed by atoms with van der Waals surface area (Å²) >= 11 is 0. The van der Waals surface area contributed by atoms with Gasteiger partial charge < -0.3 is 10.0 Å². The van der Waals surface area contributed by atoms with Gasteiger partial charge in [0.05, 0.1) is 12.6 Å². The Morgan fingerprint density at radius 1 is 1.44 bits per heavy atom. The van der Waals surface area contributed by atoms with Crippen LogP contribution in [0, 0.1) is 5.82 Å². The van der Waals surface area contributed by atoms with Crippen molar-refractivity contribution in [3.05, 3.63) is 30.1 Å². The van der Waals surface area contributed by atoms with Crippen LogP contribution in [0.3, 0.4) is 0 Å². The number of nitrogens with zero attached hydrogens (tertiary/aromatic N) is 2. The Balaban J connectivity index is 2.25. The van der Waals surface area contributed by atoms with Gasteiger partial charge in [-0.2, -0.15) is 0 Å².